The first-order valence-corrected chi connectivity index (χ1v) is 12.4. The molecule has 0 aliphatic carbocycles. The van der Waals surface area contributed by atoms with Gasteiger partial charge in [0.15, 0.2) is 5.76 Å². The normalized spacial score (nSPS) is 15.5. The third-order valence-corrected chi connectivity index (χ3v) is 7.39. The minimum absolute atomic E-state index is 0.00967. The summed E-state index contributed by atoms with van der Waals surface area (Å²) in [6.45, 7) is 2.61. The Bertz CT molecular complexity index is 1090. The second-order valence-electron chi connectivity index (χ2n) is 9.01. The Morgan fingerprint density at radius 1 is 1.06 bits per heavy atom. The Morgan fingerprint density at radius 3 is 2.34 bits per heavy atom. The van der Waals surface area contributed by atoms with Crippen LogP contribution in [0.4, 0.5) is 0 Å². The molecule has 0 radical (unpaired) electrons. The van der Waals surface area contributed by atoms with Gasteiger partial charge in [-0.25, -0.2) is 0 Å². The van der Waals surface area contributed by atoms with Crippen molar-refractivity contribution in [3.8, 4) is 11.5 Å². The molecule has 0 saturated carbocycles. The minimum atomic E-state index is -0.103. The zero-order chi connectivity index (χ0) is 24.8. The molecule has 7 heteroatoms. The molecule has 1 fully saturated rings. The van der Waals surface area contributed by atoms with Gasteiger partial charge in [-0.15, -0.1) is 0 Å². The standard InChI is InChI=1S/C28H33ClN2O4/c1-30(28(32)27-12-7-17-35-27)24(18-21-8-4-5-9-23(21)29)20-13-15-31(16-14-20)19-22-25(33-2)10-6-11-26(22)34-3/h4-12,17,20,24H,13-16,18-19H2,1-3H3. The van der Waals surface area contributed by atoms with Crippen molar-refractivity contribution in [1.82, 2.24) is 9.80 Å². The van der Waals surface area contributed by atoms with Crippen LogP contribution in [0.1, 0.15) is 34.5 Å². The largest absolute Gasteiger partial charge is 0.496 e. The summed E-state index contributed by atoms with van der Waals surface area (Å²) in [5.41, 5.74) is 2.12. The number of benzene rings is 2. The average Bonchev–Trinajstić information content (AvgIpc) is 3.43. The molecule has 2 aromatic carbocycles. The van der Waals surface area contributed by atoms with Crippen molar-refractivity contribution in [3.05, 3.63) is 82.8 Å². The highest BCUT2D eigenvalue weighted by atomic mass is 35.5. The molecule has 3 aromatic rings. The van der Waals surface area contributed by atoms with Gasteiger partial charge in [-0.1, -0.05) is 35.9 Å². The second-order valence-corrected chi connectivity index (χ2v) is 9.42. The second kappa shape index (κ2) is 11.6. The number of likely N-dealkylation sites (tertiary alicyclic amines) is 1. The SMILES string of the molecule is COc1cccc(OC)c1CN1CCC(C(Cc2ccccc2Cl)N(C)C(=O)c2ccco2)CC1. The van der Waals surface area contributed by atoms with Crippen molar-refractivity contribution in [2.45, 2.75) is 31.8 Å². The van der Waals surface area contributed by atoms with Crippen LogP contribution in [-0.4, -0.2) is 56.1 Å². The number of carbonyl (C=O) groups excluding carboxylic acids is 1. The first-order valence-electron chi connectivity index (χ1n) is 12.0. The van der Waals surface area contributed by atoms with E-state index in [0.717, 1.165) is 60.1 Å². The highest BCUT2D eigenvalue weighted by molar-refractivity contribution is 6.31. The maximum absolute atomic E-state index is 13.2. The fourth-order valence-corrected chi connectivity index (χ4v) is 5.25. The van der Waals surface area contributed by atoms with E-state index in [4.69, 9.17) is 25.5 Å². The number of hydrogen-bond acceptors (Lipinski definition) is 5. The summed E-state index contributed by atoms with van der Waals surface area (Å²) in [4.78, 5) is 17.4. The summed E-state index contributed by atoms with van der Waals surface area (Å²) in [7, 11) is 5.25. The van der Waals surface area contributed by atoms with E-state index >= 15 is 0 Å². The molecule has 6 nitrogen and oxygen atoms in total. The van der Waals surface area contributed by atoms with Gasteiger partial charge in [0.25, 0.3) is 5.91 Å². The first-order chi connectivity index (χ1) is 17.0. The maximum atomic E-state index is 13.2. The fourth-order valence-electron chi connectivity index (χ4n) is 5.04. The molecule has 35 heavy (non-hydrogen) atoms. The summed E-state index contributed by atoms with van der Waals surface area (Å²) in [6.07, 6.45) is 4.19. The summed E-state index contributed by atoms with van der Waals surface area (Å²) < 4.78 is 16.6. The number of furan rings is 1. The summed E-state index contributed by atoms with van der Waals surface area (Å²) in [6, 6.07) is 17.2. The smallest absolute Gasteiger partial charge is 0.289 e. The van der Waals surface area contributed by atoms with Gasteiger partial charge in [0.05, 0.1) is 26.0 Å². The van der Waals surface area contributed by atoms with Gasteiger partial charge in [-0.3, -0.25) is 9.69 Å². The number of nitrogens with zero attached hydrogens (tertiary/aromatic N) is 2. The Kier molecular flexibility index (Phi) is 8.37. The van der Waals surface area contributed by atoms with E-state index in [1.54, 1.807) is 26.4 Å². The molecule has 0 N–H and O–H groups in total. The molecule has 186 valence electrons. The number of rotatable bonds is 9. The molecular formula is C28H33ClN2O4. The Hall–Kier alpha value is -2.96. The topological polar surface area (TPSA) is 55.2 Å². The predicted molar refractivity (Wildman–Crippen MR) is 137 cm³/mol. The molecular weight excluding hydrogens is 464 g/mol. The van der Waals surface area contributed by atoms with Crippen molar-refractivity contribution in [3.63, 3.8) is 0 Å². The lowest BCUT2D eigenvalue weighted by Gasteiger charge is -2.40. The molecule has 1 aliphatic rings. The van der Waals surface area contributed by atoms with Crippen LogP contribution in [0.2, 0.25) is 5.02 Å². The highest BCUT2D eigenvalue weighted by Crippen LogP contribution is 2.33. The zero-order valence-electron chi connectivity index (χ0n) is 20.6. The average molecular weight is 497 g/mol. The Balaban J connectivity index is 1.49. The van der Waals surface area contributed by atoms with Crippen molar-refractivity contribution < 1.29 is 18.7 Å². The number of methoxy groups -OCH3 is 2. The number of carbonyl (C=O) groups is 1. The van der Waals surface area contributed by atoms with E-state index in [1.807, 2.05) is 54.4 Å². The number of hydrogen-bond donors (Lipinski definition) is 0. The number of ether oxygens (including phenoxy) is 2. The fraction of sp³-hybridized carbons (Fsp3) is 0.393. The Labute approximate surface area is 212 Å². The van der Waals surface area contributed by atoms with Crippen molar-refractivity contribution in [1.29, 1.82) is 0 Å². The summed E-state index contributed by atoms with van der Waals surface area (Å²) >= 11 is 6.51. The number of likely N-dealkylation sites (N-methyl/N-ethyl adjacent to an activating group) is 1. The number of halogens is 1. The molecule has 1 amide bonds. The first kappa shape index (κ1) is 25.1. The number of amides is 1. The van der Waals surface area contributed by atoms with Crippen molar-refractivity contribution in [2.75, 3.05) is 34.4 Å². The van der Waals surface area contributed by atoms with E-state index < -0.39 is 0 Å². The monoisotopic (exact) mass is 496 g/mol. The third-order valence-electron chi connectivity index (χ3n) is 7.02. The summed E-state index contributed by atoms with van der Waals surface area (Å²) in [5.74, 6) is 2.27. The van der Waals surface area contributed by atoms with Gasteiger partial charge >= 0.3 is 0 Å². The zero-order valence-corrected chi connectivity index (χ0v) is 21.3. The van der Waals surface area contributed by atoms with Gasteiger partial charge in [-0.05, 0) is 74.2 Å². The van der Waals surface area contributed by atoms with E-state index in [2.05, 4.69) is 4.90 Å². The molecule has 0 bridgehead atoms. The van der Waals surface area contributed by atoms with Gasteiger partial charge in [0.2, 0.25) is 0 Å². The van der Waals surface area contributed by atoms with E-state index in [9.17, 15) is 4.79 Å². The van der Waals surface area contributed by atoms with Crippen LogP contribution in [0, 0.1) is 5.92 Å². The molecule has 1 saturated heterocycles. The molecule has 0 spiro atoms. The lowest BCUT2D eigenvalue weighted by molar-refractivity contribution is 0.0555. The van der Waals surface area contributed by atoms with Gasteiger partial charge in [0.1, 0.15) is 11.5 Å². The van der Waals surface area contributed by atoms with Crippen molar-refractivity contribution >= 4 is 17.5 Å². The van der Waals surface area contributed by atoms with Crippen LogP contribution in [0.5, 0.6) is 11.5 Å². The van der Waals surface area contributed by atoms with Crippen LogP contribution in [0.15, 0.2) is 65.3 Å². The molecule has 4 rings (SSSR count). The highest BCUT2D eigenvalue weighted by Gasteiger charge is 2.33. The molecule has 1 aliphatic heterocycles. The van der Waals surface area contributed by atoms with Crippen LogP contribution in [-0.2, 0) is 13.0 Å². The van der Waals surface area contributed by atoms with Gasteiger partial charge < -0.3 is 18.8 Å². The third kappa shape index (κ3) is 5.82. The predicted octanol–water partition coefficient (Wildman–Crippen LogP) is 5.55. The lowest BCUT2D eigenvalue weighted by atomic mass is 9.84. The molecule has 1 aromatic heterocycles. The summed E-state index contributed by atoms with van der Waals surface area (Å²) in [5, 5.41) is 0.733. The maximum Gasteiger partial charge on any atom is 0.289 e. The van der Waals surface area contributed by atoms with E-state index in [-0.39, 0.29) is 11.9 Å². The van der Waals surface area contributed by atoms with Gasteiger partial charge in [0, 0.05) is 24.7 Å². The molecule has 1 atom stereocenters. The van der Waals surface area contributed by atoms with Crippen LogP contribution in [0.3, 0.4) is 0 Å². The van der Waals surface area contributed by atoms with Crippen LogP contribution < -0.4 is 9.47 Å². The molecule has 1 unspecified atom stereocenters. The van der Waals surface area contributed by atoms with E-state index in [0.29, 0.717) is 18.1 Å². The van der Waals surface area contributed by atoms with Crippen LogP contribution in [0.25, 0.3) is 0 Å². The molecule has 2 heterocycles. The number of piperidine rings is 1. The quantitative estimate of drug-likeness (QED) is 0.389. The van der Waals surface area contributed by atoms with Crippen molar-refractivity contribution in [2.24, 2.45) is 5.92 Å². The van der Waals surface area contributed by atoms with E-state index in [1.165, 1.54) is 6.26 Å². The van der Waals surface area contributed by atoms with Crippen LogP contribution >= 0.6 is 11.6 Å². The van der Waals surface area contributed by atoms with Gasteiger partial charge in [-0.2, -0.15) is 0 Å². The minimum Gasteiger partial charge on any atom is -0.496 e. The lowest BCUT2D eigenvalue weighted by Crippen LogP contribution is -2.47. The Morgan fingerprint density at radius 2 is 1.74 bits per heavy atom.